The first kappa shape index (κ1) is 12.6. The van der Waals surface area contributed by atoms with Crippen LogP contribution >= 0.6 is 15.9 Å². The van der Waals surface area contributed by atoms with E-state index < -0.39 is 0 Å². The van der Waals surface area contributed by atoms with Crippen molar-refractivity contribution >= 4 is 33.0 Å². The molecule has 0 fully saturated rings. The predicted octanol–water partition coefficient (Wildman–Crippen LogP) is 3.76. The number of halogens is 1. The number of benzene rings is 1. The first-order chi connectivity index (χ1) is 8.65. The van der Waals surface area contributed by atoms with Crippen LogP contribution in [-0.2, 0) is 0 Å². The van der Waals surface area contributed by atoms with Crippen LogP contribution in [0.15, 0.2) is 50.6 Å². The summed E-state index contributed by atoms with van der Waals surface area (Å²) in [6.07, 6.45) is 4.99. The van der Waals surface area contributed by atoms with Gasteiger partial charge in [0.25, 0.3) is 0 Å². The number of hydrogen-bond donors (Lipinski definition) is 0. The molecule has 0 saturated heterocycles. The van der Waals surface area contributed by atoms with E-state index in [1.54, 1.807) is 30.4 Å². The van der Waals surface area contributed by atoms with Gasteiger partial charge in [-0.2, -0.15) is 0 Å². The molecule has 4 heteroatoms. The lowest BCUT2D eigenvalue weighted by molar-refractivity contribution is 0.408. The fourth-order valence-corrected chi connectivity index (χ4v) is 2.04. The number of methoxy groups -OCH3 is 1. The van der Waals surface area contributed by atoms with Crippen molar-refractivity contribution in [3.05, 3.63) is 57.4 Å². The molecule has 3 nitrogen and oxygen atoms in total. The van der Waals surface area contributed by atoms with Crippen molar-refractivity contribution in [1.29, 1.82) is 0 Å². The monoisotopic (exact) mass is 306 g/mol. The smallest absolute Gasteiger partial charge is 0.193 e. The zero-order chi connectivity index (χ0) is 13.1. The van der Waals surface area contributed by atoms with E-state index in [1.807, 2.05) is 0 Å². The fraction of sp³-hybridized carbons (Fsp3) is 0.0714. The summed E-state index contributed by atoms with van der Waals surface area (Å²) in [5.74, 6) is 0.985. The summed E-state index contributed by atoms with van der Waals surface area (Å²) >= 11 is 3.33. The summed E-state index contributed by atoms with van der Waals surface area (Å²) in [5, 5.41) is 0.483. The third-order valence-corrected chi connectivity index (χ3v) is 2.85. The molecule has 0 atom stereocenters. The van der Waals surface area contributed by atoms with E-state index in [2.05, 4.69) is 22.5 Å². The quantitative estimate of drug-likeness (QED) is 0.810. The molecule has 18 heavy (non-hydrogen) atoms. The summed E-state index contributed by atoms with van der Waals surface area (Å²) in [6, 6.07) is 4.91. The van der Waals surface area contributed by atoms with Gasteiger partial charge in [-0.25, -0.2) is 0 Å². The van der Waals surface area contributed by atoms with Gasteiger partial charge in [-0.3, -0.25) is 4.79 Å². The number of ether oxygens (including phenoxy) is 1. The normalized spacial score (nSPS) is 11.0. The van der Waals surface area contributed by atoms with Crippen LogP contribution in [0.4, 0.5) is 0 Å². The lowest BCUT2D eigenvalue weighted by Gasteiger charge is -2.05. The van der Waals surface area contributed by atoms with Crippen LogP contribution in [0.25, 0.3) is 17.0 Å². The Kier molecular flexibility index (Phi) is 3.67. The van der Waals surface area contributed by atoms with Crippen LogP contribution in [0.3, 0.4) is 0 Å². The summed E-state index contributed by atoms with van der Waals surface area (Å²) < 4.78 is 11.6. The Hall–Kier alpha value is -1.81. The van der Waals surface area contributed by atoms with Crippen LogP contribution in [0.1, 0.15) is 5.76 Å². The molecular formula is C14H11BrO3. The Morgan fingerprint density at radius 3 is 2.83 bits per heavy atom. The largest absolute Gasteiger partial charge is 0.493 e. The highest BCUT2D eigenvalue weighted by Crippen LogP contribution is 2.29. The van der Waals surface area contributed by atoms with Gasteiger partial charge in [0.15, 0.2) is 16.8 Å². The van der Waals surface area contributed by atoms with Gasteiger partial charge in [-0.1, -0.05) is 34.7 Å². The second-order valence-corrected chi connectivity index (χ2v) is 4.51. The number of fused-ring (bicyclic) bond motifs is 1. The molecule has 0 radical (unpaired) electrons. The van der Waals surface area contributed by atoms with Crippen molar-refractivity contribution in [1.82, 2.24) is 0 Å². The van der Waals surface area contributed by atoms with Gasteiger partial charge in [-0.15, -0.1) is 0 Å². The predicted molar refractivity (Wildman–Crippen MR) is 76.0 cm³/mol. The molecule has 0 saturated carbocycles. The third-order valence-electron chi connectivity index (χ3n) is 2.39. The topological polar surface area (TPSA) is 39.4 Å². The maximum atomic E-state index is 12.0. The van der Waals surface area contributed by atoms with Gasteiger partial charge in [0.2, 0.25) is 0 Å². The van der Waals surface area contributed by atoms with Crippen LogP contribution in [0.5, 0.6) is 5.75 Å². The van der Waals surface area contributed by atoms with Gasteiger partial charge in [0, 0.05) is 10.5 Å². The van der Waals surface area contributed by atoms with E-state index in [1.165, 1.54) is 13.2 Å². The molecule has 0 aliphatic heterocycles. The maximum Gasteiger partial charge on any atom is 0.193 e. The lowest BCUT2D eigenvalue weighted by atomic mass is 10.2. The Bertz CT molecular complexity index is 683. The highest BCUT2D eigenvalue weighted by Gasteiger charge is 2.10. The average Bonchev–Trinajstić information content (AvgIpc) is 2.36. The second kappa shape index (κ2) is 5.23. The summed E-state index contributed by atoms with van der Waals surface area (Å²) in [7, 11) is 1.54. The minimum absolute atomic E-state index is 0.112. The highest BCUT2D eigenvalue weighted by atomic mass is 79.9. The van der Waals surface area contributed by atoms with E-state index in [-0.39, 0.29) is 5.43 Å². The Labute approximate surface area is 113 Å². The van der Waals surface area contributed by atoms with Gasteiger partial charge in [0.1, 0.15) is 5.76 Å². The molecule has 0 amide bonds. The van der Waals surface area contributed by atoms with Crippen molar-refractivity contribution in [2.75, 3.05) is 7.11 Å². The van der Waals surface area contributed by atoms with Gasteiger partial charge in [-0.05, 0) is 18.2 Å². The minimum Gasteiger partial charge on any atom is -0.493 e. The van der Waals surface area contributed by atoms with E-state index in [0.717, 1.165) is 4.47 Å². The molecule has 1 aromatic carbocycles. The number of allylic oxidation sites excluding steroid dienone is 2. The van der Waals surface area contributed by atoms with E-state index in [0.29, 0.717) is 22.5 Å². The standard InChI is InChI=1S/C14H11BrO3/c1-3-4-5-10-8-12(16)11-6-9(15)7-13(17-2)14(11)18-10/h3-8H,1H2,2H3/b5-4+. The SMILES string of the molecule is C=C/C=C/c1cc(=O)c2cc(Br)cc(OC)c2o1. The average molecular weight is 307 g/mol. The third kappa shape index (κ3) is 2.38. The van der Waals surface area contributed by atoms with Crippen LogP contribution in [-0.4, -0.2) is 7.11 Å². The van der Waals surface area contributed by atoms with Crippen molar-refractivity contribution in [3.63, 3.8) is 0 Å². The van der Waals surface area contributed by atoms with Gasteiger partial charge >= 0.3 is 0 Å². The molecule has 1 heterocycles. The molecule has 0 spiro atoms. The van der Waals surface area contributed by atoms with Crippen LogP contribution < -0.4 is 10.2 Å². The molecule has 1 aromatic heterocycles. The van der Waals surface area contributed by atoms with E-state index in [4.69, 9.17) is 9.15 Å². The molecule has 0 aliphatic rings. The Balaban J connectivity index is 2.78. The van der Waals surface area contributed by atoms with Crippen LogP contribution in [0, 0.1) is 0 Å². The lowest BCUT2D eigenvalue weighted by Crippen LogP contribution is -2.01. The van der Waals surface area contributed by atoms with Crippen molar-refractivity contribution < 1.29 is 9.15 Å². The first-order valence-corrected chi connectivity index (χ1v) is 6.05. The highest BCUT2D eigenvalue weighted by molar-refractivity contribution is 9.10. The summed E-state index contributed by atoms with van der Waals surface area (Å²) in [5.41, 5.74) is 0.330. The fourth-order valence-electron chi connectivity index (χ4n) is 1.61. The molecule has 0 bridgehead atoms. The second-order valence-electron chi connectivity index (χ2n) is 3.59. The summed E-state index contributed by atoms with van der Waals surface area (Å²) in [4.78, 5) is 12.0. The zero-order valence-electron chi connectivity index (χ0n) is 9.77. The minimum atomic E-state index is -0.112. The Morgan fingerprint density at radius 2 is 2.17 bits per heavy atom. The first-order valence-electron chi connectivity index (χ1n) is 5.26. The maximum absolute atomic E-state index is 12.0. The van der Waals surface area contributed by atoms with E-state index in [9.17, 15) is 4.79 Å². The molecule has 2 rings (SSSR count). The van der Waals surface area contributed by atoms with Crippen LogP contribution in [0.2, 0.25) is 0 Å². The number of hydrogen-bond acceptors (Lipinski definition) is 3. The van der Waals surface area contributed by atoms with Crippen molar-refractivity contribution in [3.8, 4) is 5.75 Å². The molecule has 92 valence electrons. The molecule has 0 N–H and O–H groups in total. The van der Waals surface area contributed by atoms with Gasteiger partial charge in [0.05, 0.1) is 12.5 Å². The molecular weight excluding hydrogens is 296 g/mol. The Morgan fingerprint density at radius 1 is 1.39 bits per heavy atom. The zero-order valence-corrected chi connectivity index (χ0v) is 11.4. The van der Waals surface area contributed by atoms with E-state index >= 15 is 0 Å². The summed E-state index contributed by atoms with van der Waals surface area (Å²) in [6.45, 7) is 3.57. The van der Waals surface area contributed by atoms with Crippen molar-refractivity contribution in [2.24, 2.45) is 0 Å². The molecule has 2 aromatic rings. The molecule has 0 aliphatic carbocycles. The van der Waals surface area contributed by atoms with Crippen molar-refractivity contribution in [2.45, 2.75) is 0 Å². The number of rotatable bonds is 3. The molecule has 0 unspecified atom stereocenters. The van der Waals surface area contributed by atoms with Gasteiger partial charge < -0.3 is 9.15 Å².